The Morgan fingerprint density at radius 3 is 2.48 bits per heavy atom. The highest BCUT2D eigenvalue weighted by atomic mass is 16.5. The number of fused-ring (bicyclic) bond motifs is 1. The first-order valence-electron chi connectivity index (χ1n) is 9.91. The molecule has 1 saturated heterocycles. The molecule has 1 saturated carbocycles. The maximum Gasteiger partial charge on any atom is 0.255 e. The summed E-state index contributed by atoms with van der Waals surface area (Å²) in [6.45, 7) is 2.13. The van der Waals surface area contributed by atoms with Gasteiger partial charge in [-0.1, -0.05) is 13.0 Å². The number of rotatable bonds is 4. The Kier molecular flexibility index (Phi) is 5.09. The zero-order chi connectivity index (χ0) is 20.5. The number of nitrogens with zero attached hydrogens (tertiary/aromatic N) is 1. The van der Waals surface area contributed by atoms with Gasteiger partial charge in [-0.3, -0.25) is 19.3 Å². The molecule has 6 heteroatoms. The molecule has 0 bridgehead atoms. The summed E-state index contributed by atoms with van der Waals surface area (Å²) in [5, 5.41) is 2.82. The zero-order valence-electron chi connectivity index (χ0n) is 16.6. The van der Waals surface area contributed by atoms with Gasteiger partial charge < -0.3 is 10.1 Å². The monoisotopic (exact) mass is 392 g/mol. The van der Waals surface area contributed by atoms with Gasteiger partial charge in [0.1, 0.15) is 5.75 Å². The van der Waals surface area contributed by atoms with E-state index < -0.39 is 0 Å². The van der Waals surface area contributed by atoms with E-state index in [1.165, 1.54) is 4.90 Å². The van der Waals surface area contributed by atoms with Crippen molar-refractivity contribution in [3.63, 3.8) is 0 Å². The average molecular weight is 392 g/mol. The SMILES string of the molecule is COc1ccc(NC(=O)c2cccc(N3C(=O)[C@@H]4CC[C@H](C)C[C@H]4C3=O)c2)cc1. The molecular weight excluding hydrogens is 368 g/mol. The van der Waals surface area contributed by atoms with Crippen LogP contribution >= 0.6 is 0 Å². The number of carbonyl (C=O) groups is 3. The number of anilines is 2. The number of hydrogen-bond donors (Lipinski definition) is 1. The minimum absolute atomic E-state index is 0.139. The Balaban J connectivity index is 1.54. The average Bonchev–Trinajstić information content (AvgIpc) is 2.98. The van der Waals surface area contributed by atoms with Gasteiger partial charge in [0.05, 0.1) is 24.6 Å². The Morgan fingerprint density at radius 2 is 1.76 bits per heavy atom. The normalized spacial score (nSPS) is 23.7. The van der Waals surface area contributed by atoms with Crippen LogP contribution in [0, 0.1) is 17.8 Å². The largest absolute Gasteiger partial charge is 0.497 e. The minimum atomic E-state index is -0.304. The molecule has 2 aliphatic rings. The number of carbonyl (C=O) groups excluding carboxylic acids is 3. The van der Waals surface area contributed by atoms with Gasteiger partial charge >= 0.3 is 0 Å². The molecule has 0 unspecified atom stereocenters. The topological polar surface area (TPSA) is 75.7 Å². The molecule has 1 N–H and O–H groups in total. The van der Waals surface area contributed by atoms with Gasteiger partial charge in [0, 0.05) is 11.3 Å². The summed E-state index contributed by atoms with van der Waals surface area (Å²) in [6, 6.07) is 13.7. The van der Waals surface area contributed by atoms with Crippen molar-refractivity contribution in [1.29, 1.82) is 0 Å². The molecule has 3 atom stereocenters. The highest BCUT2D eigenvalue weighted by Gasteiger charge is 2.50. The molecule has 29 heavy (non-hydrogen) atoms. The van der Waals surface area contributed by atoms with Crippen LogP contribution in [0.2, 0.25) is 0 Å². The fraction of sp³-hybridized carbons (Fsp3) is 0.348. The van der Waals surface area contributed by atoms with Gasteiger partial charge in [0.15, 0.2) is 0 Å². The van der Waals surface area contributed by atoms with Crippen molar-refractivity contribution in [1.82, 2.24) is 0 Å². The number of amides is 3. The number of benzene rings is 2. The minimum Gasteiger partial charge on any atom is -0.497 e. The smallest absolute Gasteiger partial charge is 0.255 e. The fourth-order valence-corrected chi connectivity index (χ4v) is 4.31. The van der Waals surface area contributed by atoms with Crippen molar-refractivity contribution in [2.75, 3.05) is 17.3 Å². The van der Waals surface area contributed by atoms with Crippen LogP contribution < -0.4 is 15.0 Å². The summed E-state index contributed by atoms with van der Waals surface area (Å²) >= 11 is 0. The Hall–Kier alpha value is -3.15. The lowest BCUT2D eigenvalue weighted by atomic mass is 9.76. The van der Waals surface area contributed by atoms with E-state index in [0.29, 0.717) is 28.6 Å². The van der Waals surface area contributed by atoms with Crippen molar-refractivity contribution in [2.45, 2.75) is 26.2 Å². The lowest BCUT2D eigenvalue weighted by Crippen LogP contribution is -2.31. The molecule has 150 valence electrons. The molecule has 4 rings (SSSR count). The van der Waals surface area contributed by atoms with E-state index >= 15 is 0 Å². The number of methoxy groups -OCH3 is 1. The molecule has 1 heterocycles. The summed E-state index contributed by atoms with van der Waals surface area (Å²) in [7, 11) is 1.58. The first kappa shape index (κ1) is 19.2. The number of imide groups is 1. The number of nitrogens with one attached hydrogen (secondary N) is 1. The van der Waals surface area contributed by atoms with E-state index in [-0.39, 0.29) is 29.6 Å². The van der Waals surface area contributed by atoms with E-state index in [0.717, 1.165) is 19.3 Å². The standard InChI is InChI=1S/C23H24N2O4/c1-14-6-11-19-20(12-14)23(28)25(22(19)27)17-5-3-4-15(13-17)21(26)24-16-7-9-18(29-2)10-8-16/h3-5,7-10,13-14,19-20H,6,11-12H2,1-2H3,(H,24,26)/t14-,19+,20+/m0/s1. The van der Waals surface area contributed by atoms with Gasteiger partial charge in [-0.2, -0.15) is 0 Å². The van der Waals surface area contributed by atoms with Crippen LogP contribution in [0.1, 0.15) is 36.5 Å². The Morgan fingerprint density at radius 1 is 1.03 bits per heavy atom. The second-order valence-corrected chi connectivity index (χ2v) is 7.88. The van der Waals surface area contributed by atoms with Crippen LogP contribution in [0.5, 0.6) is 5.75 Å². The summed E-state index contributed by atoms with van der Waals surface area (Å²) < 4.78 is 5.12. The predicted molar refractivity (Wildman–Crippen MR) is 110 cm³/mol. The van der Waals surface area contributed by atoms with Crippen molar-refractivity contribution in [2.24, 2.45) is 17.8 Å². The van der Waals surface area contributed by atoms with Crippen LogP contribution in [0.3, 0.4) is 0 Å². The quantitative estimate of drug-likeness (QED) is 0.802. The number of hydrogen-bond acceptors (Lipinski definition) is 4. The summed E-state index contributed by atoms with van der Waals surface area (Å²) in [6.07, 6.45) is 2.48. The lowest BCUT2D eigenvalue weighted by Gasteiger charge is -2.25. The first-order chi connectivity index (χ1) is 14.0. The molecule has 2 fully saturated rings. The van der Waals surface area contributed by atoms with Gasteiger partial charge in [0.25, 0.3) is 5.91 Å². The van der Waals surface area contributed by atoms with Crippen molar-refractivity contribution >= 4 is 29.1 Å². The van der Waals surface area contributed by atoms with E-state index in [1.807, 2.05) is 0 Å². The molecule has 6 nitrogen and oxygen atoms in total. The maximum atomic E-state index is 12.9. The van der Waals surface area contributed by atoms with E-state index in [1.54, 1.807) is 55.6 Å². The van der Waals surface area contributed by atoms with E-state index in [9.17, 15) is 14.4 Å². The zero-order valence-corrected chi connectivity index (χ0v) is 16.6. The van der Waals surface area contributed by atoms with Crippen LogP contribution in [0.4, 0.5) is 11.4 Å². The number of ether oxygens (including phenoxy) is 1. The third kappa shape index (κ3) is 3.62. The highest BCUT2D eigenvalue weighted by molar-refractivity contribution is 6.22. The Bertz CT molecular complexity index is 954. The van der Waals surface area contributed by atoms with Crippen molar-refractivity contribution < 1.29 is 19.1 Å². The second-order valence-electron chi connectivity index (χ2n) is 7.88. The van der Waals surface area contributed by atoms with Gasteiger partial charge in [0.2, 0.25) is 11.8 Å². The molecule has 3 amide bonds. The van der Waals surface area contributed by atoms with E-state index in [4.69, 9.17) is 4.74 Å². The molecule has 1 aliphatic carbocycles. The van der Waals surface area contributed by atoms with Crippen LogP contribution in [-0.4, -0.2) is 24.8 Å². The second kappa shape index (κ2) is 7.70. The first-order valence-corrected chi connectivity index (χ1v) is 9.91. The molecule has 0 aromatic heterocycles. The van der Waals surface area contributed by atoms with Crippen LogP contribution in [0.25, 0.3) is 0 Å². The molecule has 2 aromatic rings. The third-order valence-electron chi connectivity index (χ3n) is 5.90. The maximum absolute atomic E-state index is 12.9. The fourth-order valence-electron chi connectivity index (χ4n) is 4.31. The highest BCUT2D eigenvalue weighted by Crippen LogP contribution is 2.42. The van der Waals surface area contributed by atoms with Crippen molar-refractivity contribution in [3.8, 4) is 5.75 Å². The van der Waals surface area contributed by atoms with Gasteiger partial charge in [-0.05, 0) is 67.6 Å². The Labute approximate surface area is 169 Å². The molecule has 0 spiro atoms. The lowest BCUT2D eigenvalue weighted by molar-refractivity contribution is -0.122. The molecule has 1 aliphatic heterocycles. The summed E-state index contributed by atoms with van der Waals surface area (Å²) in [5.41, 5.74) is 1.49. The van der Waals surface area contributed by atoms with Gasteiger partial charge in [-0.25, -0.2) is 0 Å². The molecule has 0 radical (unpaired) electrons. The molecular formula is C23H24N2O4. The third-order valence-corrected chi connectivity index (χ3v) is 5.90. The van der Waals surface area contributed by atoms with Crippen LogP contribution in [0.15, 0.2) is 48.5 Å². The van der Waals surface area contributed by atoms with E-state index in [2.05, 4.69) is 12.2 Å². The van der Waals surface area contributed by atoms with Crippen LogP contribution in [-0.2, 0) is 9.59 Å². The predicted octanol–water partition coefficient (Wildman–Crippen LogP) is 3.87. The van der Waals surface area contributed by atoms with Gasteiger partial charge in [-0.15, -0.1) is 0 Å². The van der Waals surface area contributed by atoms with Crippen molar-refractivity contribution in [3.05, 3.63) is 54.1 Å². The summed E-state index contributed by atoms with van der Waals surface area (Å²) in [5.74, 6) is 0.112. The molecule has 2 aromatic carbocycles. The summed E-state index contributed by atoms with van der Waals surface area (Å²) in [4.78, 5) is 39.7.